The first-order valence-electron chi connectivity index (χ1n) is 6.29. The van der Waals surface area contributed by atoms with E-state index in [9.17, 15) is 5.26 Å². The highest BCUT2D eigenvalue weighted by Gasteiger charge is 2.41. The molecule has 17 heavy (non-hydrogen) atoms. The van der Waals surface area contributed by atoms with Crippen LogP contribution in [0.4, 0.5) is 0 Å². The van der Waals surface area contributed by atoms with Crippen LogP contribution in [0.1, 0.15) is 48.7 Å². The van der Waals surface area contributed by atoms with Crippen molar-refractivity contribution in [3.63, 3.8) is 0 Å². The lowest BCUT2D eigenvalue weighted by atomic mass is 9.68. The van der Waals surface area contributed by atoms with Gasteiger partial charge >= 0.3 is 0 Å². The lowest BCUT2D eigenvalue weighted by Crippen LogP contribution is -2.32. The molecule has 0 spiro atoms. The van der Waals surface area contributed by atoms with Gasteiger partial charge in [-0.25, -0.2) is 4.98 Å². The SMILES string of the molecule is N#CC1(c2csc(C3CCOCC3)n2)CCC1. The molecule has 3 rings (SSSR count). The fraction of sp³-hybridized carbons (Fsp3) is 0.692. The lowest BCUT2D eigenvalue weighted by Gasteiger charge is -2.33. The van der Waals surface area contributed by atoms with Crippen molar-refractivity contribution in [1.29, 1.82) is 5.26 Å². The third-order valence-corrected chi connectivity index (χ3v) is 5.01. The van der Waals surface area contributed by atoms with Crippen LogP contribution in [0.2, 0.25) is 0 Å². The molecule has 0 amide bonds. The van der Waals surface area contributed by atoms with Gasteiger partial charge in [0.05, 0.1) is 16.8 Å². The zero-order valence-electron chi connectivity index (χ0n) is 9.82. The van der Waals surface area contributed by atoms with E-state index in [4.69, 9.17) is 9.72 Å². The molecule has 1 aromatic rings. The van der Waals surface area contributed by atoms with Crippen molar-refractivity contribution in [3.05, 3.63) is 16.1 Å². The molecule has 4 heteroatoms. The van der Waals surface area contributed by atoms with E-state index in [1.54, 1.807) is 11.3 Å². The molecule has 3 nitrogen and oxygen atoms in total. The zero-order valence-corrected chi connectivity index (χ0v) is 10.6. The molecule has 1 saturated carbocycles. The second-order valence-electron chi connectivity index (χ2n) is 5.01. The molecule has 2 heterocycles. The van der Waals surface area contributed by atoms with Gasteiger partial charge in [-0.3, -0.25) is 0 Å². The van der Waals surface area contributed by atoms with Gasteiger partial charge in [-0.2, -0.15) is 5.26 Å². The number of aromatic nitrogens is 1. The highest BCUT2D eigenvalue weighted by Crippen LogP contribution is 2.44. The number of nitriles is 1. The Morgan fingerprint density at radius 3 is 2.76 bits per heavy atom. The molecule has 2 aliphatic rings. The average molecular weight is 248 g/mol. The highest BCUT2D eigenvalue weighted by molar-refractivity contribution is 7.09. The van der Waals surface area contributed by atoms with Gasteiger partial charge in [-0.1, -0.05) is 0 Å². The van der Waals surface area contributed by atoms with Gasteiger partial charge in [0.2, 0.25) is 0 Å². The van der Waals surface area contributed by atoms with Crippen molar-refractivity contribution in [2.75, 3.05) is 13.2 Å². The van der Waals surface area contributed by atoms with E-state index >= 15 is 0 Å². The van der Waals surface area contributed by atoms with Gasteiger partial charge in [-0.15, -0.1) is 11.3 Å². The normalized spacial score (nSPS) is 23.9. The molecule has 90 valence electrons. The molecule has 0 N–H and O–H groups in total. The molecular formula is C13H16N2OS. The summed E-state index contributed by atoms with van der Waals surface area (Å²) in [5, 5.41) is 12.6. The predicted molar refractivity (Wildman–Crippen MR) is 66.1 cm³/mol. The van der Waals surface area contributed by atoms with Crippen LogP contribution in [0.3, 0.4) is 0 Å². The van der Waals surface area contributed by atoms with Gasteiger partial charge in [0.25, 0.3) is 0 Å². The Balaban J connectivity index is 1.80. The zero-order chi connectivity index (χ0) is 11.7. The number of thiazole rings is 1. The highest BCUT2D eigenvalue weighted by atomic mass is 32.1. The van der Waals surface area contributed by atoms with Crippen LogP contribution < -0.4 is 0 Å². The van der Waals surface area contributed by atoms with Crippen LogP contribution in [0.15, 0.2) is 5.38 Å². The molecule has 0 aromatic carbocycles. The summed E-state index contributed by atoms with van der Waals surface area (Å²) in [5.41, 5.74) is 0.776. The van der Waals surface area contributed by atoms with E-state index in [0.29, 0.717) is 5.92 Å². The first-order chi connectivity index (χ1) is 8.34. The number of nitrogens with zero attached hydrogens (tertiary/aromatic N) is 2. The van der Waals surface area contributed by atoms with Gasteiger partial charge in [0.1, 0.15) is 5.41 Å². The van der Waals surface area contributed by atoms with Crippen molar-refractivity contribution in [3.8, 4) is 6.07 Å². The van der Waals surface area contributed by atoms with Gasteiger partial charge in [0, 0.05) is 24.5 Å². The molecule has 1 saturated heterocycles. The maximum absolute atomic E-state index is 9.30. The molecule has 1 aliphatic carbocycles. The van der Waals surface area contributed by atoms with E-state index in [1.165, 1.54) is 5.01 Å². The summed E-state index contributed by atoms with van der Waals surface area (Å²) in [6.45, 7) is 1.70. The summed E-state index contributed by atoms with van der Waals surface area (Å²) in [4.78, 5) is 4.74. The Bertz CT molecular complexity index is 439. The van der Waals surface area contributed by atoms with Crippen molar-refractivity contribution in [1.82, 2.24) is 4.98 Å². The smallest absolute Gasteiger partial charge is 0.100 e. The van der Waals surface area contributed by atoms with E-state index in [1.807, 2.05) is 0 Å². The number of ether oxygens (including phenoxy) is 1. The number of hydrogen-bond acceptors (Lipinski definition) is 4. The van der Waals surface area contributed by atoms with Crippen LogP contribution in [0.25, 0.3) is 0 Å². The van der Waals surface area contributed by atoms with Crippen LogP contribution in [-0.4, -0.2) is 18.2 Å². The van der Waals surface area contributed by atoms with Gasteiger partial charge in [0.15, 0.2) is 0 Å². The standard InChI is InChI=1S/C13H16N2OS/c14-9-13(4-1-5-13)11-8-17-12(15-11)10-2-6-16-7-3-10/h8,10H,1-7H2. The predicted octanol–water partition coefficient (Wildman–Crippen LogP) is 2.98. The van der Waals surface area contributed by atoms with Crippen molar-refractivity contribution >= 4 is 11.3 Å². The molecule has 0 radical (unpaired) electrons. The van der Waals surface area contributed by atoms with Gasteiger partial charge < -0.3 is 4.74 Å². The quantitative estimate of drug-likeness (QED) is 0.808. The molecule has 0 unspecified atom stereocenters. The number of rotatable bonds is 2. The van der Waals surface area contributed by atoms with Gasteiger partial charge in [-0.05, 0) is 32.1 Å². The summed E-state index contributed by atoms with van der Waals surface area (Å²) in [5.74, 6) is 0.554. The lowest BCUT2D eigenvalue weighted by molar-refractivity contribution is 0.0852. The first kappa shape index (κ1) is 11.2. The topological polar surface area (TPSA) is 45.9 Å². The van der Waals surface area contributed by atoms with Crippen molar-refractivity contribution in [2.24, 2.45) is 0 Å². The average Bonchev–Trinajstić information content (AvgIpc) is 2.80. The van der Waals surface area contributed by atoms with E-state index in [2.05, 4.69) is 11.4 Å². The second kappa shape index (κ2) is 4.40. The van der Waals surface area contributed by atoms with E-state index in [0.717, 1.165) is 51.0 Å². The third-order valence-electron chi connectivity index (χ3n) is 4.00. The largest absolute Gasteiger partial charge is 0.381 e. The third kappa shape index (κ3) is 1.88. The minimum absolute atomic E-state index is 0.250. The van der Waals surface area contributed by atoms with E-state index < -0.39 is 0 Å². The summed E-state index contributed by atoms with van der Waals surface area (Å²) >= 11 is 1.73. The minimum atomic E-state index is -0.250. The summed E-state index contributed by atoms with van der Waals surface area (Å²) in [6, 6.07) is 2.47. The second-order valence-corrected chi connectivity index (χ2v) is 5.89. The molecular weight excluding hydrogens is 232 g/mol. The van der Waals surface area contributed by atoms with Crippen molar-refractivity contribution in [2.45, 2.75) is 43.4 Å². The Hall–Kier alpha value is -0.920. The number of hydrogen-bond donors (Lipinski definition) is 0. The Kier molecular flexibility index (Phi) is 2.89. The fourth-order valence-electron chi connectivity index (χ4n) is 2.60. The summed E-state index contributed by atoms with van der Waals surface area (Å²) < 4.78 is 5.37. The molecule has 2 fully saturated rings. The van der Waals surface area contributed by atoms with E-state index in [-0.39, 0.29) is 5.41 Å². The Morgan fingerprint density at radius 1 is 1.41 bits per heavy atom. The summed E-state index contributed by atoms with van der Waals surface area (Å²) in [6.07, 6.45) is 5.29. The molecule has 0 atom stereocenters. The summed E-state index contributed by atoms with van der Waals surface area (Å²) in [7, 11) is 0. The molecule has 0 bridgehead atoms. The Morgan fingerprint density at radius 2 is 2.18 bits per heavy atom. The minimum Gasteiger partial charge on any atom is -0.381 e. The maximum atomic E-state index is 9.30. The van der Waals surface area contributed by atoms with Crippen molar-refractivity contribution < 1.29 is 4.74 Å². The molecule has 1 aliphatic heterocycles. The van der Waals surface area contributed by atoms with Crippen LogP contribution in [-0.2, 0) is 10.2 Å². The molecule has 1 aromatic heterocycles. The first-order valence-corrected chi connectivity index (χ1v) is 7.17. The van der Waals surface area contributed by atoms with Crippen LogP contribution >= 0.6 is 11.3 Å². The van der Waals surface area contributed by atoms with Crippen LogP contribution in [0, 0.1) is 11.3 Å². The fourth-order valence-corrected chi connectivity index (χ4v) is 3.68. The van der Waals surface area contributed by atoms with Crippen LogP contribution in [0.5, 0.6) is 0 Å². The Labute approximate surface area is 105 Å². The monoisotopic (exact) mass is 248 g/mol. The maximum Gasteiger partial charge on any atom is 0.100 e.